The zero-order chi connectivity index (χ0) is 13.1. The summed E-state index contributed by atoms with van der Waals surface area (Å²) in [5, 5.41) is 0. The van der Waals surface area contributed by atoms with E-state index >= 15 is 0 Å². The van der Waals surface area contributed by atoms with Crippen LogP contribution in [0.15, 0.2) is 0 Å². The molecule has 0 heterocycles. The monoisotopic (exact) mass is 247 g/mol. The number of hydrogen-bond donors (Lipinski definition) is 1. The first-order valence-electron chi connectivity index (χ1n) is 6.93. The van der Waals surface area contributed by atoms with Gasteiger partial charge in [-0.3, -0.25) is 0 Å². The molecule has 0 amide bonds. The average molecular weight is 247 g/mol. The highest BCUT2D eigenvalue weighted by atomic mass is 19.3. The van der Waals surface area contributed by atoms with Crippen LogP contribution < -0.4 is 5.73 Å². The van der Waals surface area contributed by atoms with Crippen LogP contribution in [0.5, 0.6) is 0 Å². The fraction of sp³-hybridized carbons (Fsp3) is 1.00. The highest BCUT2D eigenvalue weighted by molar-refractivity contribution is 4.85. The van der Waals surface area contributed by atoms with Gasteiger partial charge in [0, 0.05) is 18.9 Å². The number of nitrogens with two attached hydrogens (primary N) is 1. The van der Waals surface area contributed by atoms with Crippen LogP contribution in [0.2, 0.25) is 0 Å². The van der Waals surface area contributed by atoms with Gasteiger partial charge >= 0.3 is 0 Å². The lowest BCUT2D eigenvalue weighted by molar-refractivity contribution is -0.0572. The first kappa shape index (κ1) is 14.9. The Bertz CT molecular complexity index is 228. The normalized spacial score (nSPS) is 28.1. The zero-order valence-electron chi connectivity index (χ0n) is 11.4. The van der Waals surface area contributed by atoms with Crippen molar-refractivity contribution in [3.8, 4) is 0 Å². The van der Waals surface area contributed by atoms with Gasteiger partial charge in [-0.25, -0.2) is 8.78 Å². The summed E-state index contributed by atoms with van der Waals surface area (Å²) in [4.78, 5) is 0. The molecule has 1 saturated carbocycles. The van der Waals surface area contributed by atoms with Crippen LogP contribution in [0.3, 0.4) is 0 Å². The second-order valence-corrected chi connectivity index (χ2v) is 6.35. The van der Waals surface area contributed by atoms with Gasteiger partial charge in [0.2, 0.25) is 5.92 Å². The Kier molecular flexibility index (Phi) is 5.36. The summed E-state index contributed by atoms with van der Waals surface area (Å²) in [6.07, 6.45) is 3.59. The molecule has 102 valence electrons. The van der Waals surface area contributed by atoms with E-state index in [4.69, 9.17) is 5.73 Å². The minimum Gasteiger partial charge on any atom is -0.327 e. The quantitative estimate of drug-likeness (QED) is 0.773. The van der Waals surface area contributed by atoms with Crippen LogP contribution in [-0.2, 0) is 0 Å². The molecular formula is C14H27F2N. The first-order chi connectivity index (χ1) is 7.80. The third-order valence-electron chi connectivity index (χ3n) is 3.83. The number of rotatable bonds is 5. The van der Waals surface area contributed by atoms with E-state index in [9.17, 15) is 8.78 Å². The highest BCUT2D eigenvalue weighted by Crippen LogP contribution is 2.38. The van der Waals surface area contributed by atoms with Crippen LogP contribution >= 0.6 is 0 Å². The van der Waals surface area contributed by atoms with Crippen molar-refractivity contribution in [2.75, 3.05) is 0 Å². The van der Waals surface area contributed by atoms with Crippen molar-refractivity contribution < 1.29 is 8.78 Å². The maximum Gasteiger partial charge on any atom is 0.248 e. The number of hydrogen-bond acceptors (Lipinski definition) is 1. The molecule has 17 heavy (non-hydrogen) atoms. The third-order valence-corrected chi connectivity index (χ3v) is 3.83. The van der Waals surface area contributed by atoms with Gasteiger partial charge in [0.15, 0.2) is 0 Å². The molecule has 1 aliphatic carbocycles. The summed E-state index contributed by atoms with van der Waals surface area (Å²) in [6.45, 7) is 6.56. The minimum absolute atomic E-state index is 0.00254. The topological polar surface area (TPSA) is 26.0 Å². The summed E-state index contributed by atoms with van der Waals surface area (Å²) in [5.74, 6) is -1.25. The molecular weight excluding hydrogens is 220 g/mol. The molecule has 1 aliphatic rings. The van der Waals surface area contributed by atoms with Crippen molar-refractivity contribution in [1.29, 1.82) is 0 Å². The molecule has 3 atom stereocenters. The smallest absolute Gasteiger partial charge is 0.248 e. The zero-order valence-corrected chi connectivity index (χ0v) is 11.4. The fourth-order valence-corrected chi connectivity index (χ4v) is 3.13. The average Bonchev–Trinajstić information content (AvgIpc) is 2.14. The Morgan fingerprint density at radius 1 is 1.24 bits per heavy atom. The lowest BCUT2D eigenvalue weighted by atomic mass is 9.78. The molecule has 1 rings (SSSR count). The molecule has 0 radical (unpaired) electrons. The molecule has 3 unspecified atom stereocenters. The molecule has 0 aromatic rings. The lowest BCUT2D eigenvalue weighted by Crippen LogP contribution is -2.38. The summed E-state index contributed by atoms with van der Waals surface area (Å²) in [5.41, 5.74) is 6.11. The van der Waals surface area contributed by atoms with E-state index < -0.39 is 5.92 Å². The summed E-state index contributed by atoms with van der Waals surface area (Å²) in [7, 11) is 0. The number of halogens is 2. The summed E-state index contributed by atoms with van der Waals surface area (Å²) >= 11 is 0. The van der Waals surface area contributed by atoms with Crippen LogP contribution in [0.1, 0.15) is 59.3 Å². The number of alkyl halides is 2. The second kappa shape index (κ2) is 6.12. The standard InChI is InChI=1S/C14H27F2N/c1-10(2)7-11(3)8-13(17)12-5-4-6-14(15,16)9-12/h10-13H,4-9,17H2,1-3H3. The van der Waals surface area contributed by atoms with Gasteiger partial charge in [-0.15, -0.1) is 0 Å². The predicted octanol–water partition coefficient (Wildman–Crippen LogP) is 4.21. The fourth-order valence-electron chi connectivity index (χ4n) is 3.13. The minimum atomic E-state index is -2.47. The van der Waals surface area contributed by atoms with Crippen LogP contribution in [0.4, 0.5) is 8.78 Å². The van der Waals surface area contributed by atoms with E-state index in [2.05, 4.69) is 20.8 Å². The lowest BCUT2D eigenvalue weighted by Gasteiger charge is -2.33. The van der Waals surface area contributed by atoms with Crippen molar-refractivity contribution in [3.63, 3.8) is 0 Å². The molecule has 2 N–H and O–H groups in total. The largest absolute Gasteiger partial charge is 0.327 e. The molecule has 0 aromatic carbocycles. The van der Waals surface area contributed by atoms with E-state index in [1.165, 1.54) is 0 Å². The Morgan fingerprint density at radius 2 is 1.88 bits per heavy atom. The van der Waals surface area contributed by atoms with Crippen LogP contribution in [0, 0.1) is 17.8 Å². The molecule has 0 aromatic heterocycles. The van der Waals surface area contributed by atoms with E-state index in [0.717, 1.165) is 19.3 Å². The van der Waals surface area contributed by atoms with E-state index in [0.29, 0.717) is 18.3 Å². The van der Waals surface area contributed by atoms with Crippen molar-refractivity contribution in [3.05, 3.63) is 0 Å². The van der Waals surface area contributed by atoms with Gasteiger partial charge in [0.1, 0.15) is 0 Å². The van der Waals surface area contributed by atoms with Gasteiger partial charge < -0.3 is 5.73 Å². The van der Waals surface area contributed by atoms with Gasteiger partial charge in [0.25, 0.3) is 0 Å². The van der Waals surface area contributed by atoms with Crippen molar-refractivity contribution in [1.82, 2.24) is 0 Å². The van der Waals surface area contributed by atoms with Crippen molar-refractivity contribution in [2.45, 2.75) is 71.3 Å². The Morgan fingerprint density at radius 3 is 2.41 bits per heavy atom. The van der Waals surface area contributed by atoms with Crippen LogP contribution in [0.25, 0.3) is 0 Å². The van der Waals surface area contributed by atoms with Gasteiger partial charge in [-0.05, 0) is 43.4 Å². The highest BCUT2D eigenvalue weighted by Gasteiger charge is 2.38. The van der Waals surface area contributed by atoms with E-state index in [1.54, 1.807) is 0 Å². The molecule has 3 heteroatoms. The van der Waals surface area contributed by atoms with Gasteiger partial charge in [-0.1, -0.05) is 20.8 Å². The molecule has 0 spiro atoms. The third kappa shape index (κ3) is 5.33. The Hall–Kier alpha value is -0.180. The van der Waals surface area contributed by atoms with Gasteiger partial charge in [-0.2, -0.15) is 0 Å². The SMILES string of the molecule is CC(C)CC(C)CC(N)C1CCCC(F)(F)C1. The first-order valence-corrected chi connectivity index (χ1v) is 6.93. The molecule has 1 nitrogen and oxygen atoms in total. The molecule has 0 saturated heterocycles. The maximum absolute atomic E-state index is 13.3. The Balaban J connectivity index is 2.39. The molecule has 1 fully saturated rings. The molecule has 0 aliphatic heterocycles. The second-order valence-electron chi connectivity index (χ2n) is 6.35. The van der Waals surface area contributed by atoms with E-state index in [-0.39, 0.29) is 24.8 Å². The Labute approximate surface area is 104 Å². The molecule has 0 bridgehead atoms. The summed E-state index contributed by atoms with van der Waals surface area (Å²) < 4.78 is 26.6. The van der Waals surface area contributed by atoms with Crippen molar-refractivity contribution >= 4 is 0 Å². The van der Waals surface area contributed by atoms with Crippen LogP contribution in [-0.4, -0.2) is 12.0 Å². The van der Waals surface area contributed by atoms with Gasteiger partial charge in [0.05, 0.1) is 0 Å². The van der Waals surface area contributed by atoms with Crippen molar-refractivity contribution in [2.24, 2.45) is 23.5 Å². The predicted molar refractivity (Wildman–Crippen MR) is 68.1 cm³/mol. The van der Waals surface area contributed by atoms with E-state index in [1.807, 2.05) is 0 Å². The maximum atomic E-state index is 13.3. The summed E-state index contributed by atoms with van der Waals surface area (Å²) in [6, 6.07) is -0.0464.